The Hall–Kier alpha value is -2.24. The van der Waals surface area contributed by atoms with E-state index in [2.05, 4.69) is 10.3 Å². The van der Waals surface area contributed by atoms with Crippen molar-refractivity contribution < 1.29 is 19.1 Å². The first-order chi connectivity index (χ1) is 7.58. The normalized spacial score (nSPS) is 19.2. The first kappa shape index (κ1) is 10.3. The van der Waals surface area contributed by atoms with E-state index < -0.39 is 23.9 Å². The molecule has 0 fully saturated rings. The number of benzene rings is 1. The average Bonchev–Trinajstić information content (AvgIpc) is 2.60. The maximum absolute atomic E-state index is 12.9. The van der Waals surface area contributed by atoms with E-state index in [4.69, 9.17) is 5.11 Å². The highest BCUT2D eigenvalue weighted by Crippen LogP contribution is 2.12. The molecule has 0 radical (unpaired) electrons. The van der Waals surface area contributed by atoms with Crippen molar-refractivity contribution in [3.8, 4) is 0 Å². The van der Waals surface area contributed by atoms with E-state index in [1.807, 2.05) is 0 Å². The number of hydrogen-bond donors (Lipinski definition) is 2. The second-order valence-corrected chi connectivity index (χ2v) is 3.23. The minimum absolute atomic E-state index is 0.0250. The van der Waals surface area contributed by atoms with Gasteiger partial charge < -0.3 is 10.4 Å². The van der Waals surface area contributed by atoms with Crippen LogP contribution in [0.5, 0.6) is 0 Å². The van der Waals surface area contributed by atoms with Crippen LogP contribution in [0.4, 0.5) is 9.18 Å². The molecule has 1 atom stereocenters. The minimum Gasteiger partial charge on any atom is -0.479 e. The summed E-state index contributed by atoms with van der Waals surface area (Å²) in [6.45, 7) is 0. The summed E-state index contributed by atoms with van der Waals surface area (Å²) in [5.74, 6) is -1.74. The number of nitrogens with one attached hydrogen (secondary N) is 1. The SMILES string of the molecule is O=C1N=C(c2cccc(F)c2)C(C(=O)O)N1. The number of amides is 2. The Morgan fingerprint density at radius 3 is 2.88 bits per heavy atom. The fourth-order valence-corrected chi connectivity index (χ4v) is 1.46. The lowest BCUT2D eigenvalue weighted by Gasteiger charge is -2.07. The van der Waals surface area contributed by atoms with E-state index in [1.165, 1.54) is 18.2 Å². The predicted molar refractivity (Wildman–Crippen MR) is 52.9 cm³/mol. The molecule has 1 unspecified atom stereocenters. The Labute approximate surface area is 89.6 Å². The summed E-state index contributed by atoms with van der Waals surface area (Å²) in [7, 11) is 0. The van der Waals surface area contributed by atoms with Crippen molar-refractivity contribution in [2.45, 2.75) is 6.04 Å². The molecule has 0 aromatic heterocycles. The summed E-state index contributed by atoms with van der Waals surface area (Å²) >= 11 is 0. The topological polar surface area (TPSA) is 78.8 Å². The molecular weight excluding hydrogens is 215 g/mol. The second-order valence-electron chi connectivity index (χ2n) is 3.23. The largest absolute Gasteiger partial charge is 0.479 e. The number of rotatable bonds is 2. The van der Waals surface area contributed by atoms with Crippen molar-refractivity contribution in [3.05, 3.63) is 35.6 Å². The first-order valence-electron chi connectivity index (χ1n) is 4.46. The number of urea groups is 1. The van der Waals surface area contributed by atoms with Crippen molar-refractivity contribution in [2.24, 2.45) is 4.99 Å². The van der Waals surface area contributed by atoms with Crippen LogP contribution in [0.25, 0.3) is 0 Å². The third kappa shape index (κ3) is 1.77. The van der Waals surface area contributed by atoms with E-state index in [1.54, 1.807) is 0 Å². The number of carboxylic acid groups (broad SMARTS) is 1. The molecule has 16 heavy (non-hydrogen) atoms. The summed E-state index contributed by atoms with van der Waals surface area (Å²) in [6.07, 6.45) is 0. The third-order valence-corrected chi connectivity index (χ3v) is 2.13. The molecule has 0 spiro atoms. The van der Waals surface area contributed by atoms with Crippen molar-refractivity contribution in [2.75, 3.05) is 0 Å². The van der Waals surface area contributed by atoms with Gasteiger partial charge in [0.15, 0.2) is 6.04 Å². The maximum Gasteiger partial charge on any atom is 0.342 e. The highest BCUT2D eigenvalue weighted by atomic mass is 19.1. The fraction of sp³-hybridized carbons (Fsp3) is 0.100. The summed E-state index contributed by atoms with van der Waals surface area (Å²) in [5.41, 5.74) is 0.308. The summed E-state index contributed by atoms with van der Waals surface area (Å²) in [6, 6.07) is 3.34. The van der Waals surface area contributed by atoms with Gasteiger partial charge in [0.1, 0.15) is 5.82 Å². The van der Waals surface area contributed by atoms with E-state index in [-0.39, 0.29) is 11.3 Å². The Balaban J connectivity index is 2.42. The van der Waals surface area contributed by atoms with Crippen LogP contribution in [0.3, 0.4) is 0 Å². The van der Waals surface area contributed by atoms with Gasteiger partial charge in [-0.15, -0.1) is 0 Å². The van der Waals surface area contributed by atoms with Crippen molar-refractivity contribution in [1.82, 2.24) is 5.32 Å². The first-order valence-corrected chi connectivity index (χ1v) is 4.46. The molecule has 0 saturated carbocycles. The quantitative estimate of drug-likeness (QED) is 0.776. The monoisotopic (exact) mass is 222 g/mol. The van der Waals surface area contributed by atoms with Gasteiger partial charge in [0.2, 0.25) is 0 Å². The summed E-state index contributed by atoms with van der Waals surface area (Å²) < 4.78 is 12.9. The van der Waals surface area contributed by atoms with Crippen LogP contribution in [0, 0.1) is 5.82 Å². The summed E-state index contributed by atoms with van der Waals surface area (Å²) in [5, 5.41) is 11.0. The van der Waals surface area contributed by atoms with E-state index in [0.29, 0.717) is 0 Å². The lowest BCUT2D eigenvalue weighted by molar-refractivity contribution is -0.137. The van der Waals surface area contributed by atoms with Crippen molar-refractivity contribution in [1.29, 1.82) is 0 Å². The van der Waals surface area contributed by atoms with Gasteiger partial charge in [-0.2, -0.15) is 4.99 Å². The Kier molecular flexibility index (Phi) is 2.40. The van der Waals surface area contributed by atoms with Gasteiger partial charge in [-0.05, 0) is 12.1 Å². The maximum atomic E-state index is 12.9. The van der Waals surface area contributed by atoms with E-state index >= 15 is 0 Å². The summed E-state index contributed by atoms with van der Waals surface area (Å²) in [4.78, 5) is 25.3. The number of aliphatic carboxylic acids is 1. The Bertz CT molecular complexity index is 499. The second kappa shape index (κ2) is 3.73. The van der Waals surface area contributed by atoms with Gasteiger partial charge in [0, 0.05) is 5.56 Å². The van der Waals surface area contributed by atoms with Crippen LogP contribution in [-0.4, -0.2) is 28.9 Å². The smallest absolute Gasteiger partial charge is 0.342 e. The molecule has 2 rings (SSSR count). The van der Waals surface area contributed by atoms with Crippen molar-refractivity contribution in [3.63, 3.8) is 0 Å². The zero-order valence-electron chi connectivity index (χ0n) is 7.98. The van der Waals surface area contributed by atoms with Crippen LogP contribution in [-0.2, 0) is 4.79 Å². The molecule has 0 bridgehead atoms. The molecule has 1 aromatic rings. The molecule has 2 N–H and O–H groups in total. The molecule has 2 amide bonds. The van der Waals surface area contributed by atoms with E-state index in [9.17, 15) is 14.0 Å². The van der Waals surface area contributed by atoms with Gasteiger partial charge in [-0.3, -0.25) is 0 Å². The molecule has 1 aliphatic rings. The van der Waals surface area contributed by atoms with Gasteiger partial charge >= 0.3 is 12.0 Å². The lowest BCUT2D eigenvalue weighted by atomic mass is 10.0. The van der Waals surface area contributed by atoms with Crippen LogP contribution >= 0.6 is 0 Å². The number of halogens is 1. The highest BCUT2D eigenvalue weighted by molar-refractivity contribution is 6.22. The number of carboxylic acids is 1. The fourth-order valence-electron chi connectivity index (χ4n) is 1.46. The van der Waals surface area contributed by atoms with Gasteiger partial charge in [-0.1, -0.05) is 12.1 Å². The minimum atomic E-state index is -1.23. The van der Waals surface area contributed by atoms with Gasteiger partial charge in [0.05, 0.1) is 5.71 Å². The van der Waals surface area contributed by atoms with Crippen LogP contribution in [0.15, 0.2) is 29.3 Å². The van der Waals surface area contributed by atoms with Gasteiger partial charge in [0.25, 0.3) is 0 Å². The molecule has 82 valence electrons. The standard InChI is InChI=1S/C10H7FN2O3/c11-6-3-1-2-5(4-6)7-8(9(14)15)13-10(16)12-7/h1-4,8H,(H,13,16)(H,14,15). The molecule has 1 aromatic carbocycles. The zero-order chi connectivity index (χ0) is 11.7. The number of carbonyl (C=O) groups excluding carboxylic acids is 1. The molecule has 1 aliphatic heterocycles. The molecule has 0 saturated heterocycles. The Morgan fingerprint density at radius 1 is 1.50 bits per heavy atom. The van der Waals surface area contributed by atoms with Gasteiger partial charge in [-0.25, -0.2) is 14.0 Å². The van der Waals surface area contributed by atoms with Crippen LogP contribution in [0.2, 0.25) is 0 Å². The predicted octanol–water partition coefficient (Wildman–Crippen LogP) is 0.791. The molecule has 5 nitrogen and oxygen atoms in total. The molecular formula is C10H7FN2O3. The highest BCUT2D eigenvalue weighted by Gasteiger charge is 2.32. The Morgan fingerprint density at radius 2 is 2.25 bits per heavy atom. The lowest BCUT2D eigenvalue weighted by Crippen LogP contribution is -2.39. The zero-order valence-corrected chi connectivity index (χ0v) is 7.98. The molecule has 0 aliphatic carbocycles. The van der Waals surface area contributed by atoms with E-state index in [0.717, 1.165) is 6.07 Å². The third-order valence-electron chi connectivity index (χ3n) is 2.13. The number of nitrogens with zero attached hydrogens (tertiary/aromatic N) is 1. The van der Waals surface area contributed by atoms with Crippen LogP contribution in [0.1, 0.15) is 5.56 Å². The average molecular weight is 222 g/mol. The molecule has 1 heterocycles. The van der Waals surface area contributed by atoms with Crippen molar-refractivity contribution >= 4 is 17.7 Å². The number of carbonyl (C=O) groups is 2. The van der Waals surface area contributed by atoms with Crippen LogP contribution < -0.4 is 5.32 Å². The molecule has 6 heteroatoms. The number of aliphatic imine (C=N–C) groups is 1. The number of hydrogen-bond acceptors (Lipinski definition) is 2.